The van der Waals surface area contributed by atoms with Crippen LogP contribution in [0.4, 0.5) is 0 Å². The van der Waals surface area contributed by atoms with Gasteiger partial charge in [0.1, 0.15) is 0 Å². The van der Waals surface area contributed by atoms with Gasteiger partial charge in [-0.2, -0.15) is 0 Å². The maximum absolute atomic E-state index is 11.8. The first-order valence-corrected chi connectivity index (χ1v) is 6.36. The van der Waals surface area contributed by atoms with Gasteiger partial charge in [-0.1, -0.05) is 0 Å². The van der Waals surface area contributed by atoms with Crippen molar-refractivity contribution in [1.29, 1.82) is 0 Å². The second kappa shape index (κ2) is 4.73. The molecular weight excluding hydrogens is 198 g/mol. The van der Waals surface area contributed by atoms with Gasteiger partial charge in [-0.3, -0.25) is 0 Å². The van der Waals surface area contributed by atoms with E-state index in [1.54, 1.807) is 0 Å². The fraction of sp³-hybridized carbons (Fsp3) is 1.00. The van der Waals surface area contributed by atoms with E-state index in [0.29, 0.717) is 0 Å². The highest BCUT2D eigenvalue weighted by molar-refractivity contribution is 7.84. The van der Waals surface area contributed by atoms with Crippen molar-refractivity contribution in [2.24, 2.45) is 0 Å². The Kier molecular flexibility index (Phi) is 4.10. The van der Waals surface area contributed by atoms with E-state index in [1.807, 2.05) is 27.7 Å². The summed E-state index contributed by atoms with van der Waals surface area (Å²) in [5, 5.41) is 0. The zero-order chi connectivity index (χ0) is 10.8. The van der Waals surface area contributed by atoms with Crippen LogP contribution in [0.25, 0.3) is 0 Å². The van der Waals surface area contributed by atoms with Crippen LogP contribution in [0.2, 0.25) is 0 Å². The Balaban J connectivity index is 2.39. The van der Waals surface area contributed by atoms with Crippen molar-refractivity contribution in [1.82, 2.24) is 4.72 Å². The molecule has 84 valence electrons. The highest BCUT2D eigenvalue weighted by Gasteiger charge is 2.27. The first kappa shape index (κ1) is 12.1. The molecule has 4 heteroatoms. The molecule has 14 heavy (non-hydrogen) atoms. The van der Waals surface area contributed by atoms with E-state index in [1.165, 1.54) is 0 Å². The van der Waals surface area contributed by atoms with Gasteiger partial charge in [0.25, 0.3) is 0 Å². The quantitative estimate of drug-likeness (QED) is 0.783. The van der Waals surface area contributed by atoms with Gasteiger partial charge >= 0.3 is 0 Å². The lowest BCUT2D eigenvalue weighted by Crippen LogP contribution is -2.43. The van der Waals surface area contributed by atoms with E-state index in [2.05, 4.69) is 4.72 Å². The summed E-state index contributed by atoms with van der Waals surface area (Å²) >= 11 is 0. The van der Waals surface area contributed by atoms with Crippen molar-refractivity contribution in [3.8, 4) is 0 Å². The molecule has 0 unspecified atom stereocenters. The van der Waals surface area contributed by atoms with Crippen LogP contribution in [0.5, 0.6) is 0 Å². The number of nitrogens with one attached hydrogen (secondary N) is 1. The summed E-state index contributed by atoms with van der Waals surface area (Å²) in [6.07, 6.45) is 2.44. The minimum atomic E-state index is -0.993. The Hall–Kier alpha value is 0.0700. The predicted molar refractivity (Wildman–Crippen MR) is 59.5 cm³/mol. The first-order chi connectivity index (χ1) is 6.41. The molecule has 1 heterocycles. The van der Waals surface area contributed by atoms with Crippen LogP contribution in [0, 0.1) is 0 Å². The number of hydrogen-bond donors (Lipinski definition) is 1. The summed E-state index contributed by atoms with van der Waals surface area (Å²) in [5.74, 6) is 0. The fourth-order valence-electron chi connectivity index (χ4n) is 1.42. The normalized spacial score (nSPS) is 27.6. The summed E-state index contributed by atoms with van der Waals surface area (Å²) in [6, 6.07) is 0.178. The van der Waals surface area contributed by atoms with E-state index in [4.69, 9.17) is 4.74 Å². The molecule has 0 radical (unpaired) electrons. The van der Waals surface area contributed by atoms with Gasteiger partial charge in [0.2, 0.25) is 0 Å². The molecule has 0 amide bonds. The third-order valence-electron chi connectivity index (χ3n) is 2.37. The molecule has 1 rings (SSSR count). The number of ether oxygens (including phenoxy) is 1. The molecule has 0 bridgehead atoms. The van der Waals surface area contributed by atoms with Crippen LogP contribution in [0.15, 0.2) is 0 Å². The Labute approximate surface area is 89.2 Å². The lowest BCUT2D eigenvalue weighted by atomic mass is 10.1. The standard InChI is InChI=1S/C10H21NO2S/c1-8(9-6-5-7-13-9)11-14(12)10(2,3)4/h8-9,11H,5-7H2,1-4H3/t8-,9-,14-/m0/s1. The molecule has 0 aliphatic carbocycles. The Bertz CT molecular complexity index is 207. The molecule has 3 nitrogen and oxygen atoms in total. The summed E-state index contributed by atoms with van der Waals surface area (Å²) in [6.45, 7) is 8.80. The second-order valence-corrected chi connectivity index (χ2v) is 6.84. The van der Waals surface area contributed by atoms with Crippen molar-refractivity contribution in [3.63, 3.8) is 0 Å². The second-order valence-electron chi connectivity index (χ2n) is 4.84. The molecular formula is C10H21NO2S. The molecule has 0 aromatic carbocycles. The van der Waals surface area contributed by atoms with Crippen molar-refractivity contribution in [2.45, 2.75) is 57.4 Å². The van der Waals surface area contributed by atoms with Gasteiger partial charge in [0.05, 0.1) is 21.8 Å². The maximum atomic E-state index is 11.8. The molecule has 1 aliphatic heterocycles. The summed E-state index contributed by atoms with van der Waals surface area (Å²) in [4.78, 5) is 0. The van der Waals surface area contributed by atoms with Crippen LogP contribution in [0.1, 0.15) is 40.5 Å². The van der Waals surface area contributed by atoms with Crippen LogP contribution < -0.4 is 4.72 Å². The lowest BCUT2D eigenvalue weighted by Gasteiger charge is -2.24. The smallest absolute Gasteiger partial charge is 0.0973 e. The van der Waals surface area contributed by atoms with E-state index in [9.17, 15) is 4.21 Å². The fourth-order valence-corrected chi connectivity index (χ4v) is 2.26. The van der Waals surface area contributed by atoms with Crippen LogP contribution in [-0.4, -0.2) is 27.7 Å². The van der Waals surface area contributed by atoms with E-state index in [-0.39, 0.29) is 16.9 Å². The summed E-state index contributed by atoms with van der Waals surface area (Å²) < 4.78 is 20.2. The third kappa shape index (κ3) is 3.33. The number of hydrogen-bond acceptors (Lipinski definition) is 2. The Morgan fingerprint density at radius 2 is 2.14 bits per heavy atom. The highest BCUT2D eigenvalue weighted by Crippen LogP contribution is 2.17. The minimum Gasteiger partial charge on any atom is -0.377 e. The van der Waals surface area contributed by atoms with E-state index < -0.39 is 11.0 Å². The zero-order valence-electron chi connectivity index (χ0n) is 9.50. The van der Waals surface area contributed by atoms with Crippen LogP contribution >= 0.6 is 0 Å². The van der Waals surface area contributed by atoms with E-state index in [0.717, 1.165) is 19.4 Å². The molecule has 1 fully saturated rings. The topological polar surface area (TPSA) is 38.3 Å². The molecule has 1 aliphatic rings. The molecule has 0 spiro atoms. The van der Waals surface area contributed by atoms with Gasteiger partial charge in [-0.25, -0.2) is 8.93 Å². The molecule has 0 aromatic heterocycles. The Morgan fingerprint density at radius 3 is 2.57 bits per heavy atom. The molecule has 0 aromatic rings. The largest absolute Gasteiger partial charge is 0.377 e. The van der Waals surface area contributed by atoms with Crippen molar-refractivity contribution < 1.29 is 8.95 Å². The van der Waals surface area contributed by atoms with Crippen molar-refractivity contribution >= 4 is 11.0 Å². The highest BCUT2D eigenvalue weighted by atomic mass is 32.2. The van der Waals surface area contributed by atoms with Gasteiger partial charge in [-0.05, 0) is 40.5 Å². The van der Waals surface area contributed by atoms with Gasteiger partial charge < -0.3 is 4.74 Å². The van der Waals surface area contributed by atoms with Crippen LogP contribution in [-0.2, 0) is 15.7 Å². The SMILES string of the molecule is C[C@H](N[S@@](=O)C(C)(C)C)[C@@H]1CCCO1. The maximum Gasteiger partial charge on any atom is 0.0973 e. The molecule has 0 saturated carbocycles. The summed E-state index contributed by atoms with van der Waals surface area (Å²) in [7, 11) is -0.993. The Morgan fingerprint density at radius 1 is 1.50 bits per heavy atom. The monoisotopic (exact) mass is 219 g/mol. The van der Waals surface area contributed by atoms with Crippen molar-refractivity contribution in [2.75, 3.05) is 6.61 Å². The summed E-state index contributed by atoms with van der Waals surface area (Å²) in [5.41, 5.74) is 0. The van der Waals surface area contributed by atoms with Crippen LogP contribution in [0.3, 0.4) is 0 Å². The predicted octanol–water partition coefficient (Wildman–Crippen LogP) is 1.61. The third-order valence-corrected chi connectivity index (χ3v) is 4.07. The van der Waals surface area contributed by atoms with E-state index >= 15 is 0 Å². The number of rotatable bonds is 3. The van der Waals surface area contributed by atoms with Gasteiger partial charge in [-0.15, -0.1) is 0 Å². The molecule has 3 atom stereocenters. The van der Waals surface area contributed by atoms with Gasteiger partial charge in [0.15, 0.2) is 0 Å². The lowest BCUT2D eigenvalue weighted by molar-refractivity contribution is 0.0905. The van der Waals surface area contributed by atoms with Crippen molar-refractivity contribution in [3.05, 3.63) is 0 Å². The molecule has 1 saturated heterocycles. The first-order valence-electron chi connectivity index (χ1n) is 5.21. The average molecular weight is 219 g/mol. The average Bonchev–Trinajstić information content (AvgIpc) is 2.53. The van der Waals surface area contributed by atoms with Gasteiger partial charge in [0, 0.05) is 12.6 Å². The molecule has 1 N–H and O–H groups in total. The minimum absolute atomic E-state index is 0.178. The zero-order valence-corrected chi connectivity index (χ0v) is 10.3.